The summed E-state index contributed by atoms with van der Waals surface area (Å²) in [6.07, 6.45) is -10.9. The molecule has 2 aliphatic rings. The maximum absolute atomic E-state index is 13.7. The molecule has 0 saturated carbocycles. The van der Waals surface area contributed by atoms with Crippen molar-refractivity contribution in [3.63, 3.8) is 0 Å². The number of hydrazine groups is 2. The van der Waals surface area contributed by atoms with Crippen molar-refractivity contribution in [1.29, 1.82) is 0 Å². The van der Waals surface area contributed by atoms with E-state index in [1.165, 1.54) is 11.9 Å². The van der Waals surface area contributed by atoms with Crippen LogP contribution in [0, 0.1) is 0 Å². The van der Waals surface area contributed by atoms with Gasteiger partial charge in [-0.1, -0.05) is 12.5 Å². The maximum atomic E-state index is 13.7. The van der Waals surface area contributed by atoms with Gasteiger partial charge in [-0.25, -0.2) is 9.63 Å². The first-order chi connectivity index (χ1) is 16.8. The van der Waals surface area contributed by atoms with Crippen LogP contribution in [-0.4, -0.2) is 71.2 Å². The molecular formula is C20H23F6N3O7. The molecule has 0 aliphatic carbocycles. The SMILES string of the molecule is CCc1cc(OC(F)(F)F)cc2c1O[C@H](C(F)(F)F)C(C(=O)OCONN(O)N1CCC[C@H]1CO)=C2. The minimum Gasteiger partial charge on any atom is -0.475 e. The van der Waals surface area contributed by atoms with Crippen LogP contribution in [0.1, 0.15) is 30.9 Å². The van der Waals surface area contributed by atoms with Crippen molar-refractivity contribution < 1.29 is 60.5 Å². The van der Waals surface area contributed by atoms with E-state index in [0.29, 0.717) is 30.7 Å². The van der Waals surface area contributed by atoms with Crippen molar-refractivity contribution in [1.82, 2.24) is 15.9 Å². The summed E-state index contributed by atoms with van der Waals surface area (Å²) in [4.78, 5) is 17.2. The second-order valence-electron chi connectivity index (χ2n) is 7.76. The number of carbonyl (C=O) groups is 1. The first-order valence-corrected chi connectivity index (χ1v) is 10.6. The number of hydrogen-bond acceptors (Lipinski definition) is 10. The number of alkyl halides is 6. The fraction of sp³-hybridized carbons (Fsp3) is 0.550. The Bertz CT molecular complexity index is 972. The van der Waals surface area contributed by atoms with Crippen LogP contribution in [0.25, 0.3) is 6.08 Å². The summed E-state index contributed by atoms with van der Waals surface area (Å²) in [5.74, 6) is -2.57. The number of rotatable bonds is 9. The molecule has 3 rings (SSSR count). The third kappa shape index (κ3) is 6.77. The van der Waals surface area contributed by atoms with Gasteiger partial charge in [-0.2, -0.15) is 18.2 Å². The van der Waals surface area contributed by atoms with Gasteiger partial charge in [-0.05, 0) is 48.3 Å². The first kappa shape index (κ1) is 27.9. The second kappa shape index (κ2) is 11.2. The molecule has 1 fully saturated rings. The monoisotopic (exact) mass is 531 g/mol. The number of hydrogen-bond donors (Lipinski definition) is 3. The molecule has 1 saturated heterocycles. The Balaban J connectivity index is 1.74. The van der Waals surface area contributed by atoms with Crippen molar-refractivity contribution in [3.8, 4) is 11.5 Å². The molecule has 0 bridgehead atoms. The van der Waals surface area contributed by atoms with Gasteiger partial charge in [-0.15, -0.1) is 13.2 Å². The predicted octanol–water partition coefficient (Wildman–Crippen LogP) is 2.85. The van der Waals surface area contributed by atoms with E-state index in [-0.39, 0.29) is 29.9 Å². The van der Waals surface area contributed by atoms with Crippen LogP contribution in [0.5, 0.6) is 11.5 Å². The molecule has 3 N–H and O–H groups in total. The van der Waals surface area contributed by atoms with E-state index in [9.17, 15) is 41.5 Å². The Hall–Kier alpha value is -2.63. The average Bonchev–Trinajstić information content (AvgIpc) is 3.27. The Kier molecular flexibility index (Phi) is 8.68. The Morgan fingerprint density at radius 3 is 2.61 bits per heavy atom. The molecule has 16 heteroatoms. The van der Waals surface area contributed by atoms with Crippen molar-refractivity contribution >= 4 is 12.0 Å². The van der Waals surface area contributed by atoms with Gasteiger partial charge >= 0.3 is 18.5 Å². The lowest BCUT2D eigenvalue weighted by Gasteiger charge is -2.30. The van der Waals surface area contributed by atoms with Gasteiger partial charge in [0.2, 0.25) is 12.9 Å². The highest BCUT2D eigenvalue weighted by Gasteiger charge is 2.49. The number of aliphatic hydroxyl groups is 1. The number of benzene rings is 1. The summed E-state index contributed by atoms with van der Waals surface area (Å²) < 4.78 is 92.5. The van der Waals surface area contributed by atoms with Gasteiger partial charge in [0.15, 0.2) is 0 Å². The summed E-state index contributed by atoms with van der Waals surface area (Å²) in [6.45, 7) is 0.651. The van der Waals surface area contributed by atoms with Crippen LogP contribution in [0.3, 0.4) is 0 Å². The molecule has 202 valence electrons. The molecule has 10 nitrogen and oxygen atoms in total. The molecule has 36 heavy (non-hydrogen) atoms. The van der Waals surface area contributed by atoms with Crippen LogP contribution < -0.4 is 15.1 Å². The number of esters is 1. The van der Waals surface area contributed by atoms with Crippen molar-refractivity contribution in [3.05, 3.63) is 28.8 Å². The lowest BCUT2D eigenvalue weighted by molar-refractivity contribution is -0.358. The number of ether oxygens (including phenoxy) is 3. The van der Waals surface area contributed by atoms with E-state index in [1.54, 1.807) is 0 Å². The minimum absolute atomic E-state index is 0.00309. The number of nitrogens with one attached hydrogen (secondary N) is 1. The van der Waals surface area contributed by atoms with Gasteiger partial charge in [-0.3, -0.25) is 5.21 Å². The van der Waals surface area contributed by atoms with E-state index in [1.807, 2.05) is 5.59 Å². The Morgan fingerprint density at radius 2 is 2.00 bits per heavy atom. The smallest absolute Gasteiger partial charge is 0.475 e. The number of nitrogens with zero attached hydrogens (tertiary/aromatic N) is 2. The molecule has 0 amide bonds. The molecule has 2 atom stereocenters. The summed E-state index contributed by atoms with van der Waals surface area (Å²) in [5.41, 5.74) is 0.701. The minimum atomic E-state index is -5.06. The summed E-state index contributed by atoms with van der Waals surface area (Å²) >= 11 is 0. The molecule has 1 aromatic rings. The van der Waals surface area contributed by atoms with Crippen molar-refractivity contribution in [2.75, 3.05) is 19.9 Å². The van der Waals surface area contributed by atoms with E-state index < -0.39 is 48.8 Å². The Labute approximate surface area is 200 Å². The molecular weight excluding hydrogens is 508 g/mol. The van der Waals surface area contributed by atoms with E-state index in [2.05, 4.69) is 9.47 Å². The Morgan fingerprint density at radius 1 is 1.28 bits per heavy atom. The molecule has 1 aromatic carbocycles. The summed E-state index contributed by atoms with van der Waals surface area (Å²) in [5, 5.41) is 20.8. The average molecular weight is 531 g/mol. The lowest BCUT2D eigenvalue weighted by Crippen LogP contribution is -2.52. The highest BCUT2D eigenvalue weighted by molar-refractivity contribution is 5.96. The fourth-order valence-electron chi connectivity index (χ4n) is 3.78. The van der Waals surface area contributed by atoms with Gasteiger partial charge in [0, 0.05) is 12.1 Å². The number of halogens is 6. The van der Waals surface area contributed by atoms with Crippen LogP contribution in [-0.2, 0) is 20.8 Å². The third-order valence-corrected chi connectivity index (χ3v) is 5.34. The molecule has 0 radical (unpaired) electrons. The van der Waals surface area contributed by atoms with Crippen molar-refractivity contribution in [2.24, 2.45) is 0 Å². The quantitative estimate of drug-likeness (QED) is 0.145. The number of carbonyl (C=O) groups excluding carboxylic acids is 1. The van der Waals surface area contributed by atoms with E-state index >= 15 is 0 Å². The second-order valence-corrected chi connectivity index (χ2v) is 7.76. The maximum Gasteiger partial charge on any atom is 0.573 e. The molecule has 2 heterocycles. The zero-order valence-corrected chi connectivity index (χ0v) is 18.7. The highest BCUT2D eigenvalue weighted by Crippen LogP contribution is 2.42. The van der Waals surface area contributed by atoms with Gasteiger partial charge < -0.3 is 19.3 Å². The van der Waals surface area contributed by atoms with Gasteiger partial charge in [0.1, 0.15) is 11.5 Å². The first-order valence-electron chi connectivity index (χ1n) is 10.6. The molecule has 0 unspecified atom stereocenters. The standard InChI is InChI=1S/C20H23F6N3O7/c1-2-11-6-14(36-20(24,25)26)7-12-8-15(17(19(21,22)23)35-16(11)12)18(31)33-10-34-27-29(32)28-5-3-4-13(28)9-30/h6-8,13,17,27,30,32H,2-5,9-10H2,1H3/t13-,17-/m0/s1. The largest absolute Gasteiger partial charge is 0.573 e. The summed E-state index contributed by atoms with van der Waals surface area (Å²) in [6, 6.07) is 1.29. The van der Waals surface area contributed by atoms with E-state index in [0.717, 1.165) is 12.1 Å². The number of aliphatic hydroxyl groups excluding tert-OH is 1. The van der Waals surface area contributed by atoms with Crippen molar-refractivity contribution in [2.45, 2.75) is 50.9 Å². The summed E-state index contributed by atoms with van der Waals surface area (Å²) in [7, 11) is 0. The third-order valence-electron chi connectivity index (χ3n) is 5.34. The van der Waals surface area contributed by atoms with Gasteiger partial charge in [0.05, 0.1) is 18.2 Å². The zero-order chi connectivity index (χ0) is 26.7. The topological polar surface area (TPSA) is 113 Å². The van der Waals surface area contributed by atoms with Crippen LogP contribution in [0.2, 0.25) is 0 Å². The van der Waals surface area contributed by atoms with E-state index in [4.69, 9.17) is 9.57 Å². The molecule has 0 aromatic heterocycles. The number of aryl methyl sites for hydroxylation is 1. The highest BCUT2D eigenvalue weighted by atomic mass is 19.4. The van der Waals surface area contributed by atoms with Crippen LogP contribution in [0.4, 0.5) is 26.3 Å². The molecule has 2 aliphatic heterocycles. The van der Waals surface area contributed by atoms with Gasteiger partial charge in [0.25, 0.3) is 0 Å². The fourth-order valence-corrected chi connectivity index (χ4v) is 3.78. The normalized spacial score (nSPS) is 20.7. The van der Waals surface area contributed by atoms with Crippen LogP contribution in [0.15, 0.2) is 17.7 Å². The predicted molar refractivity (Wildman–Crippen MR) is 107 cm³/mol. The zero-order valence-electron chi connectivity index (χ0n) is 18.7. The molecule has 0 spiro atoms. The lowest BCUT2D eigenvalue weighted by atomic mass is 9.97. The number of fused-ring (bicyclic) bond motifs is 1. The van der Waals surface area contributed by atoms with Crippen LogP contribution >= 0.6 is 0 Å².